The number of esters is 2. The van der Waals surface area contributed by atoms with E-state index in [9.17, 15) is 14.4 Å². The number of methoxy groups -OCH3 is 1. The molecule has 0 radical (unpaired) electrons. The van der Waals surface area contributed by atoms with E-state index in [-0.39, 0.29) is 6.10 Å². The Bertz CT molecular complexity index is 503. The molecule has 0 aromatic heterocycles. The van der Waals surface area contributed by atoms with Gasteiger partial charge in [0.2, 0.25) is 5.60 Å². The molecule has 3 rings (SSSR count). The number of ether oxygens (including phenoxy) is 3. The lowest BCUT2D eigenvalue weighted by molar-refractivity contribution is -0.182. The van der Waals surface area contributed by atoms with E-state index < -0.39 is 24.1 Å². The van der Waals surface area contributed by atoms with Crippen LogP contribution in [0.2, 0.25) is 0 Å². The van der Waals surface area contributed by atoms with E-state index >= 15 is 0 Å². The molecule has 3 fully saturated rings. The molecule has 6 unspecified atom stereocenters. The fourth-order valence-electron chi connectivity index (χ4n) is 4.80. The molecule has 0 aliphatic heterocycles. The summed E-state index contributed by atoms with van der Waals surface area (Å²) < 4.78 is 15.2. The van der Waals surface area contributed by atoms with E-state index in [4.69, 9.17) is 9.47 Å². The minimum atomic E-state index is -1.76. The third kappa shape index (κ3) is 2.89. The Hall–Kier alpha value is -1.43. The Kier molecular flexibility index (Phi) is 4.45. The molecule has 128 valence electrons. The van der Waals surface area contributed by atoms with Crippen molar-refractivity contribution in [2.24, 2.45) is 23.7 Å². The summed E-state index contributed by atoms with van der Waals surface area (Å²) in [4.78, 5) is 34.9. The van der Waals surface area contributed by atoms with Gasteiger partial charge in [-0.3, -0.25) is 4.79 Å². The number of fused-ring (bicyclic) bond motifs is 5. The number of hydrogen-bond acceptors (Lipinski definition) is 6. The van der Waals surface area contributed by atoms with E-state index in [0.717, 1.165) is 18.8 Å². The van der Waals surface area contributed by atoms with Crippen LogP contribution >= 0.6 is 0 Å². The maximum atomic E-state index is 12.4. The lowest BCUT2D eigenvalue weighted by Gasteiger charge is -2.33. The van der Waals surface area contributed by atoms with Gasteiger partial charge in [-0.1, -0.05) is 6.42 Å². The molecular weight excluding hydrogens is 300 g/mol. The number of rotatable bonds is 6. The maximum absolute atomic E-state index is 12.4. The van der Waals surface area contributed by atoms with Crippen molar-refractivity contribution in [2.45, 2.75) is 50.7 Å². The second-order valence-corrected chi connectivity index (χ2v) is 7.19. The Balaban J connectivity index is 1.59. The molecule has 0 spiro atoms. The minimum Gasteiger partial charge on any atom is -0.467 e. The van der Waals surface area contributed by atoms with Crippen LogP contribution in [0.15, 0.2) is 0 Å². The van der Waals surface area contributed by atoms with Gasteiger partial charge in [-0.15, -0.1) is 0 Å². The molecule has 6 atom stereocenters. The molecule has 2 bridgehead atoms. The summed E-state index contributed by atoms with van der Waals surface area (Å²) in [5, 5.41) is 0. The van der Waals surface area contributed by atoms with Crippen molar-refractivity contribution in [2.75, 3.05) is 13.7 Å². The van der Waals surface area contributed by atoms with Crippen LogP contribution in [0.4, 0.5) is 0 Å². The highest BCUT2D eigenvalue weighted by Crippen LogP contribution is 2.59. The normalized spacial score (nSPS) is 37.0. The van der Waals surface area contributed by atoms with E-state index in [0.29, 0.717) is 24.0 Å². The first kappa shape index (κ1) is 16.4. The second kappa shape index (κ2) is 6.23. The highest BCUT2D eigenvalue weighted by Gasteiger charge is 2.55. The van der Waals surface area contributed by atoms with Crippen LogP contribution in [-0.2, 0) is 28.6 Å². The van der Waals surface area contributed by atoms with Crippen molar-refractivity contribution in [3.05, 3.63) is 0 Å². The zero-order valence-corrected chi connectivity index (χ0v) is 13.7. The Morgan fingerprint density at radius 3 is 2.61 bits per heavy atom. The topological polar surface area (TPSA) is 78.9 Å². The molecule has 3 aliphatic rings. The first-order valence-corrected chi connectivity index (χ1v) is 8.36. The summed E-state index contributed by atoms with van der Waals surface area (Å²) >= 11 is 0. The van der Waals surface area contributed by atoms with E-state index in [1.54, 1.807) is 0 Å². The summed E-state index contributed by atoms with van der Waals surface area (Å²) in [6.45, 7) is 0.874. The zero-order chi connectivity index (χ0) is 16.6. The SMILES string of the molecule is COC(=O)COC(C)(C=O)C(=O)OC1CC2CC1C1CCCC21. The van der Waals surface area contributed by atoms with Crippen LogP contribution in [0.5, 0.6) is 0 Å². The van der Waals surface area contributed by atoms with Crippen molar-refractivity contribution in [1.29, 1.82) is 0 Å². The van der Waals surface area contributed by atoms with Gasteiger partial charge in [0.25, 0.3) is 0 Å². The summed E-state index contributed by atoms with van der Waals surface area (Å²) in [6, 6.07) is 0. The Morgan fingerprint density at radius 1 is 1.17 bits per heavy atom. The van der Waals surface area contributed by atoms with Gasteiger partial charge >= 0.3 is 11.9 Å². The molecule has 0 saturated heterocycles. The molecule has 3 saturated carbocycles. The molecule has 0 aromatic rings. The van der Waals surface area contributed by atoms with Gasteiger partial charge in [-0.2, -0.15) is 0 Å². The Morgan fingerprint density at radius 2 is 1.91 bits per heavy atom. The largest absolute Gasteiger partial charge is 0.467 e. The number of hydrogen-bond donors (Lipinski definition) is 0. The highest BCUT2D eigenvalue weighted by molar-refractivity contribution is 5.96. The molecule has 23 heavy (non-hydrogen) atoms. The van der Waals surface area contributed by atoms with Crippen LogP contribution in [0.1, 0.15) is 39.0 Å². The van der Waals surface area contributed by atoms with E-state index in [2.05, 4.69) is 4.74 Å². The first-order valence-electron chi connectivity index (χ1n) is 8.36. The third-order valence-corrected chi connectivity index (χ3v) is 5.97. The van der Waals surface area contributed by atoms with E-state index in [1.807, 2.05) is 0 Å². The highest BCUT2D eigenvalue weighted by atomic mass is 16.6. The predicted octanol–water partition coefficient (Wildman–Crippen LogP) is 1.50. The number of aldehydes is 1. The van der Waals surface area contributed by atoms with Crippen LogP contribution < -0.4 is 0 Å². The minimum absolute atomic E-state index is 0.118. The first-order chi connectivity index (χ1) is 11.0. The standard InChI is InChI=1S/C17H24O6/c1-17(9-18,22-8-15(19)21-2)16(20)23-14-7-10-6-13(14)12-5-3-4-11(10)12/h9-14H,3-8H2,1-2H3. The molecule has 6 heteroatoms. The van der Waals surface area contributed by atoms with Gasteiger partial charge in [0.05, 0.1) is 7.11 Å². The summed E-state index contributed by atoms with van der Waals surface area (Å²) in [5.41, 5.74) is -1.76. The fourth-order valence-corrected chi connectivity index (χ4v) is 4.80. The van der Waals surface area contributed by atoms with Gasteiger partial charge in [0, 0.05) is 0 Å². The van der Waals surface area contributed by atoms with Crippen molar-refractivity contribution in [3.8, 4) is 0 Å². The quantitative estimate of drug-likeness (QED) is 0.418. The zero-order valence-electron chi connectivity index (χ0n) is 13.7. The summed E-state index contributed by atoms with van der Waals surface area (Å²) in [7, 11) is 1.22. The molecule has 0 heterocycles. The molecule has 3 aliphatic carbocycles. The average molecular weight is 324 g/mol. The lowest BCUT2D eigenvalue weighted by Crippen LogP contribution is -2.46. The van der Waals surface area contributed by atoms with E-state index in [1.165, 1.54) is 33.3 Å². The van der Waals surface area contributed by atoms with Gasteiger partial charge in [0.15, 0.2) is 6.29 Å². The van der Waals surface area contributed by atoms with Crippen LogP contribution in [0.25, 0.3) is 0 Å². The van der Waals surface area contributed by atoms with Crippen LogP contribution in [-0.4, -0.2) is 43.6 Å². The fraction of sp³-hybridized carbons (Fsp3) is 0.824. The number of carbonyl (C=O) groups is 3. The summed E-state index contributed by atoms with van der Waals surface area (Å²) in [6.07, 6.45) is 6.11. The van der Waals surface area contributed by atoms with Gasteiger partial charge < -0.3 is 14.2 Å². The molecular formula is C17H24O6. The average Bonchev–Trinajstić information content (AvgIpc) is 3.24. The van der Waals surface area contributed by atoms with Gasteiger partial charge in [0.1, 0.15) is 12.7 Å². The van der Waals surface area contributed by atoms with Crippen LogP contribution in [0, 0.1) is 23.7 Å². The molecule has 0 amide bonds. The Labute approximate surface area is 135 Å². The predicted molar refractivity (Wildman–Crippen MR) is 79.4 cm³/mol. The van der Waals surface area contributed by atoms with Crippen molar-refractivity contribution in [1.82, 2.24) is 0 Å². The molecule has 0 N–H and O–H groups in total. The van der Waals surface area contributed by atoms with Crippen molar-refractivity contribution in [3.63, 3.8) is 0 Å². The second-order valence-electron chi connectivity index (χ2n) is 7.19. The maximum Gasteiger partial charge on any atom is 0.345 e. The van der Waals surface area contributed by atoms with Gasteiger partial charge in [-0.05, 0) is 56.3 Å². The smallest absolute Gasteiger partial charge is 0.345 e. The molecule has 6 nitrogen and oxygen atoms in total. The monoisotopic (exact) mass is 324 g/mol. The summed E-state index contributed by atoms with van der Waals surface area (Å²) in [5.74, 6) is 1.22. The molecule has 0 aromatic carbocycles. The van der Waals surface area contributed by atoms with Crippen molar-refractivity contribution >= 4 is 18.2 Å². The van der Waals surface area contributed by atoms with Gasteiger partial charge in [-0.25, -0.2) is 9.59 Å². The third-order valence-electron chi connectivity index (χ3n) is 5.97. The number of carbonyl (C=O) groups excluding carboxylic acids is 3. The van der Waals surface area contributed by atoms with Crippen LogP contribution in [0.3, 0.4) is 0 Å². The van der Waals surface area contributed by atoms with Crippen molar-refractivity contribution < 1.29 is 28.6 Å². The lowest BCUT2D eigenvalue weighted by atomic mass is 9.80.